The van der Waals surface area contributed by atoms with Gasteiger partial charge in [0.1, 0.15) is 17.6 Å². The van der Waals surface area contributed by atoms with Crippen LogP contribution in [0.5, 0.6) is 5.75 Å². The maximum absolute atomic E-state index is 13.5. The molecule has 1 fully saturated rings. The molecule has 0 aromatic heterocycles. The van der Waals surface area contributed by atoms with E-state index in [1.165, 1.54) is 12.1 Å². The van der Waals surface area contributed by atoms with E-state index in [1.807, 2.05) is 0 Å². The number of carbonyl (C=O) groups is 1. The van der Waals surface area contributed by atoms with Crippen molar-refractivity contribution in [1.29, 1.82) is 5.26 Å². The summed E-state index contributed by atoms with van der Waals surface area (Å²) >= 11 is 0. The Morgan fingerprint density at radius 1 is 1.42 bits per heavy atom. The number of halogens is 1. The molecule has 1 atom stereocenters. The highest BCUT2D eigenvalue weighted by molar-refractivity contribution is 5.81. The van der Waals surface area contributed by atoms with Gasteiger partial charge in [-0.2, -0.15) is 5.26 Å². The van der Waals surface area contributed by atoms with E-state index in [9.17, 15) is 9.18 Å². The molecule has 0 spiro atoms. The van der Waals surface area contributed by atoms with Crippen molar-refractivity contribution in [3.8, 4) is 11.8 Å². The Hall–Kier alpha value is -2.17. The first kappa shape index (κ1) is 18.2. The molecule has 6 nitrogen and oxygen atoms in total. The molecule has 0 radical (unpaired) electrons. The first-order valence-corrected chi connectivity index (χ1v) is 8.10. The summed E-state index contributed by atoms with van der Waals surface area (Å²) in [5.74, 6) is -0.135. The molecule has 1 unspecified atom stereocenters. The number of nitrogens with zero attached hydrogens (tertiary/aromatic N) is 3. The molecule has 1 aliphatic rings. The molecule has 0 saturated carbocycles. The van der Waals surface area contributed by atoms with E-state index >= 15 is 0 Å². The maximum atomic E-state index is 13.5. The first-order valence-electron chi connectivity index (χ1n) is 8.10. The van der Waals surface area contributed by atoms with Crippen LogP contribution >= 0.6 is 0 Å². The standard InChI is InChI=1S/C17H23FN4O2/c1-13(20)17(23)22-8-6-21(7-9-22)5-2-10-24-15-4-3-14(12-19)16(18)11-15/h3-4,11,13H,2,5-10,20H2,1H3. The highest BCUT2D eigenvalue weighted by Crippen LogP contribution is 2.16. The van der Waals surface area contributed by atoms with Crippen molar-refractivity contribution in [2.24, 2.45) is 5.73 Å². The molecule has 2 N–H and O–H groups in total. The molecule has 1 aromatic rings. The highest BCUT2D eigenvalue weighted by Gasteiger charge is 2.22. The van der Waals surface area contributed by atoms with Crippen LogP contribution in [0.2, 0.25) is 0 Å². The number of piperazine rings is 1. The zero-order valence-electron chi connectivity index (χ0n) is 13.9. The van der Waals surface area contributed by atoms with Crippen molar-refractivity contribution in [2.45, 2.75) is 19.4 Å². The summed E-state index contributed by atoms with van der Waals surface area (Å²) in [6, 6.07) is 5.58. The lowest BCUT2D eigenvalue weighted by Crippen LogP contribution is -2.52. The highest BCUT2D eigenvalue weighted by atomic mass is 19.1. The van der Waals surface area contributed by atoms with Crippen molar-refractivity contribution in [1.82, 2.24) is 9.80 Å². The van der Waals surface area contributed by atoms with Gasteiger partial charge in [0.15, 0.2) is 0 Å². The van der Waals surface area contributed by atoms with Crippen LogP contribution in [0.1, 0.15) is 18.9 Å². The van der Waals surface area contributed by atoms with Gasteiger partial charge in [-0.25, -0.2) is 4.39 Å². The second kappa shape index (κ2) is 8.62. The predicted molar refractivity (Wildman–Crippen MR) is 87.9 cm³/mol. The Kier molecular flexibility index (Phi) is 6.53. The molecule has 1 saturated heterocycles. The topological polar surface area (TPSA) is 82.6 Å². The first-order chi connectivity index (χ1) is 11.5. The van der Waals surface area contributed by atoms with Gasteiger partial charge in [-0.05, 0) is 25.5 Å². The van der Waals surface area contributed by atoms with Gasteiger partial charge in [-0.1, -0.05) is 0 Å². The lowest BCUT2D eigenvalue weighted by atomic mass is 10.2. The number of amides is 1. The number of nitrogens with two attached hydrogens (primary N) is 1. The molecule has 24 heavy (non-hydrogen) atoms. The fourth-order valence-corrected chi connectivity index (χ4v) is 2.63. The van der Waals surface area contributed by atoms with Crippen molar-refractivity contribution in [2.75, 3.05) is 39.3 Å². The Bertz CT molecular complexity index is 607. The van der Waals surface area contributed by atoms with E-state index in [4.69, 9.17) is 15.7 Å². The van der Waals surface area contributed by atoms with Crippen LogP contribution in [0.4, 0.5) is 4.39 Å². The molecule has 1 aromatic carbocycles. The van der Waals surface area contributed by atoms with Gasteiger partial charge in [0, 0.05) is 38.8 Å². The van der Waals surface area contributed by atoms with Crippen LogP contribution in [0, 0.1) is 17.1 Å². The van der Waals surface area contributed by atoms with Crippen molar-refractivity contribution < 1.29 is 13.9 Å². The zero-order valence-corrected chi connectivity index (χ0v) is 13.9. The quantitative estimate of drug-likeness (QED) is 0.784. The van der Waals surface area contributed by atoms with Gasteiger partial charge < -0.3 is 15.4 Å². The van der Waals surface area contributed by atoms with Crippen LogP contribution in [0.25, 0.3) is 0 Å². The van der Waals surface area contributed by atoms with Crippen molar-refractivity contribution in [3.63, 3.8) is 0 Å². The third-order valence-corrected chi connectivity index (χ3v) is 4.02. The number of nitriles is 1. The molecular formula is C17H23FN4O2. The van der Waals surface area contributed by atoms with E-state index in [1.54, 1.807) is 24.0 Å². The fourth-order valence-electron chi connectivity index (χ4n) is 2.63. The summed E-state index contributed by atoms with van der Waals surface area (Å²) in [6.07, 6.45) is 0.808. The second-order valence-corrected chi connectivity index (χ2v) is 5.91. The molecule has 130 valence electrons. The van der Waals surface area contributed by atoms with E-state index in [-0.39, 0.29) is 11.5 Å². The number of hydrogen-bond donors (Lipinski definition) is 1. The summed E-state index contributed by atoms with van der Waals surface area (Å²) in [4.78, 5) is 15.9. The Balaban J connectivity index is 1.66. The van der Waals surface area contributed by atoms with Gasteiger partial charge >= 0.3 is 0 Å². The van der Waals surface area contributed by atoms with Crippen LogP contribution in [0.15, 0.2) is 18.2 Å². The van der Waals surface area contributed by atoms with Gasteiger partial charge in [0.2, 0.25) is 5.91 Å². The van der Waals surface area contributed by atoms with Crippen LogP contribution < -0.4 is 10.5 Å². The molecular weight excluding hydrogens is 311 g/mol. The monoisotopic (exact) mass is 334 g/mol. The van der Waals surface area contributed by atoms with Gasteiger partial charge in [-0.3, -0.25) is 9.69 Å². The number of ether oxygens (including phenoxy) is 1. The molecule has 0 bridgehead atoms. The minimum Gasteiger partial charge on any atom is -0.493 e. The largest absolute Gasteiger partial charge is 0.493 e. The smallest absolute Gasteiger partial charge is 0.239 e. The number of rotatable bonds is 6. The summed E-state index contributed by atoms with van der Waals surface area (Å²) in [5.41, 5.74) is 5.63. The van der Waals surface area contributed by atoms with E-state index in [0.29, 0.717) is 25.4 Å². The molecule has 1 heterocycles. The maximum Gasteiger partial charge on any atom is 0.239 e. The molecule has 0 aliphatic carbocycles. The van der Waals surface area contributed by atoms with Crippen LogP contribution in [-0.4, -0.2) is 61.1 Å². The zero-order chi connectivity index (χ0) is 17.5. The molecule has 7 heteroatoms. The second-order valence-electron chi connectivity index (χ2n) is 5.91. The summed E-state index contributed by atoms with van der Waals surface area (Å²) < 4.78 is 19.0. The number of carbonyl (C=O) groups excluding carboxylic acids is 1. The van der Waals surface area contributed by atoms with Gasteiger partial charge in [0.25, 0.3) is 0 Å². The lowest BCUT2D eigenvalue weighted by molar-refractivity contribution is -0.133. The fraction of sp³-hybridized carbons (Fsp3) is 0.529. The third-order valence-electron chi connectivity index (χ3n) is 4.02. The van der Waals surface area contributed by atoms with E-state index in [0.717, 1.165) is 26.1 Å². The third kappa shape index (κ3) is 4.91. The lowest BCUT2D eigenvalue weighted by Gasteiger charge is -2.35. The summed E-state index contributed by atoms with van der Waals surface area (Å²) in [6.45, 7) is 6.08. The van der Waals surface area contributed by atoms with Crippen molar-refractivity contribution >= 4 is 5.91 Å². The number of benzene rings is 1. The minimum atomic E-state index is -0.565. The van der Waals surface area contributed by atoms with Crippen molar-refractivity contribution in [3.05, 3.63) is 29.6 Å². The summed E-state index contributed by atoms with van der Waals surface area (Å²) in [5, 5.41) is 8.68. The van der Waals surface area contributed by atoms with E-state index < -0.39 is 11.9 Å². The van der Waals surface area contributed by atoms with Gasteiger partial charge in [-0.15, -0.1) is 0 Å². The average Bonchev–Trinajstić information content (AvgIpc) is 2.58. The Morgan fingerprint density at radius 2 is 2.12 bits per heavy atom. The Morgan fingerprint density at radius 3 is 2.71 bits per heavy atom. The predicted octanol–water partition coefficient (Wildman–Crippen LogP) is 0.958. The van der Waals surface area contributed by atoms with Crippen LogP contribution in [-0.2, 0) is 4.79 Å². The molecule has 1 amide bonds. The van der Waals surface area contributed by atoms with Crippen LogP contribution in [0.3, 0.4) is 0 Å². The summed E-state index contributed by atoms with van der Waals surface area (Å²) in [7, 11) is 0. The number of hydrogen-bond acceptors (Lipinski definition) is 5. The van der Waals surface area contributed by atoms with E-state index in [2.05, 4.69) is 4.90 Å². The molecule has 1 aliphatic heterocycles. The SMILES string of the molecule is CC(N)C(=O)N1CCN(CCCOc2ccc(C#N)c(F)c2)CC1. The minimum absolute atomic E-state index is 0.000765. The van der Waals surface area contributed by atoms with Gasteiger partial charge in [0.05, 0.1) is 18.2 Å². The molecule has 2 rings (SSSR count). The Labute approximate surface area is 141 Å². The average molecular weight is 334 g/mol. The normalized spacial score (nSPS) is 16.5.